The fourth-order valence-electron chi connectivity index (χ4n) is 3.41. The average Bonchev–Trinajstić information content (AvgIpc) is 2.97. The van der Waals surface area contributed by atoms with Crippen molar-refractivity contribution in [1.82, 2.24) is 9.78 Å². The van der Waals surface area contributed by atoms with Gasteiger partial charge in [0, 0.05) is 17.5 Å². The van der Waals surface area contributed by atoms with Gasteiger partial charge >= 0.3 is 0 Å². The molecule has 5 nitrogen and oxygen atoms in total. The highest BCUT2D eigenvalue weighted by atomic mass is 35.5. The molecular formula is C20H15ClFN3O2. The van der Waals surface area contributed by atoms with Gasteiger partial charge in [-0.3, -0.25) is 9.59 Å². The number of hydrogen-bond acceptors (Lipinski definition) is 3. The number of carbonyl (C=O) groups excluding carboxylic acids is 2. The Labute approximate surface area is 159 Å². The van der Waals surface area contributed by atoms with Crippen molar-refractivity contribution in [3.8, 4) is 5.69 Å². The van der Waals surface area contributed by atoms with E-state index in [2.05, 4.69) is 10.4 Å². The van der Waals surface area contributed by atoms with Gasteiger partial charge in [0.25, 0.3) is 0 Å². The zero-order chi connectivity index (χ0) is 19.1. The van der Waals surface area contributed by atoms with Crippen LogP contribution in [0.3, 0.4) is 0 Å². The molecule has 0 spiro atoms. The number of carbonyl (C=O) groups is 2. The molecule has 2 aromatic carbocycles. The summed E-state index contributed by atoms with van der Waals surface area (Å²) in [4.78, 5) is 25.4. The summed E-state index contributed by atoms with van der Waals surface area (Å²) in [5.41, 5.74) is 2.05. The molecule has 136 valence electrons. The normalized spacial score (nSPS) is 16.0. The van der Waals surface area contributed by atoms with E-state index in [1.807, 2.05) is 0 Å². The van der Waals surface area contributed by atoms with Gasteiger partial charge in [0.2, 0.25) is 5.91 Å². The van der Waals surface area contributed by atoms with Crippen molar-refractivity contribution in [2.24, 2.45) is 0 Å². The van der Waals surface area contributed by atoms with Gasteiger partial charge in [-0.05, 0) is 37.3 Å². The second kappa shape index (κ2) is 6.63. The Kier molecular flexibility index (Phi) is 4.28. The van der Waals surface area contributed by atoms with Gasteiger partial charge < -0.3 is 5.32 Å². The number of fused-ring (bicyclic) bond motifs is 1. The summed E-state index contributed by atoms with van der Waals surface area (Å²) in [7, 11) is 0. The molecule has 1 aliphatic rings. The van der Waals surface area contributed by atoms with Gasteiger partial charge in [0.15, 0.2) is 5.78 Å². The van der Waals surface area contributed by atoms with Crippen LogP contribution in [0.2, 0.25) is 5.02 Å². The Hall–Kier alpha value is -2.99. The number of halogens is 2. The summed E-state index contributed by atoms with van der Waals surface area (Å²) >= 11 is 6.18. The molecule has 1 unspecified atom stereocenters. The monoisotopic (exact) mass is 383 g/mol. The fourth-order valence-corrected chi connectivity index (χ4v) is 3.64. The fraction of sp³-hybridized carbons (Fsp3) is 0.150. The van der Waals surface area contributed by atoms with Gasteiger partial charge in [-0.15, -0.1) is 0 Å². The molecule has 0 saturated carbocycles. The van der Waals surface area contributed by atoms with Crippen LogP contribution in [-0.2, 0) is 4.79 Å². The summed E-state index contributed by atoms with van der Waals surface area (Å²) in [6.07, 6.45) is 0.00669. The lowest BCUT2D eigenvalue weighted by Crippen LogP contribution is -2.28. The molecule has 0 aliphatic carbocycles. The van der Waals surface area contributed by atoms with Crippen LogP contribution in [-0.4, -0.2) is 21.5 Å². The first-order chi connectivity index (χ1) is 13.0. The molecule has 3 aromatic rings. The molecule has 2 heterocycles. The first-order valence-corrected chi connectivity index (χ1v) is 8.77. The molecule has 0 radical (unpaired) electrons. The maximum Gasteiger partial charge on any atom is 0.226 e. The number of benzene rings is 2. The maximum atomic E-state index is 13.6. The Morgan fingerprint density at radius 2 is 2.04 bits per heavy atom. The quantitative estimate of drug-likeness (QED) is 0.686. The molecule has 1 N–H and O–H groups in total. The van der Waals surface area contributed by atoms with E-state index in [9.17, 15) is 14.0 Å². The first-order valence-electron chi connectivity index (χ1n) is 8.39. The summed E-state index contributed by atoms with van der Waals surface area (Å²) in [5.74, 6) is -1.26. The van der Waals surface area contributed by atoms with Gasteiger partial charge in [-0.2, -0.15) is 5.10 Å². The van der Waals surface area contributed by atoms with Gasteiger partial charge in [-0.25, -0.2) is 9.07 Å². The molecule has 0 saturated heterocycles. The average molecular weight is 384 g/mol. The van der Waals surface area contributed by atoms with E-state index in [0.29, 0.717) is 33.3 Å². The second-order valence-electron chi connectivity index (χ2n) is 6.39. The molecule has 1 aliphatic heterocycles. The highest BCUT2D eigenvalue weighted by Crippen LogP contribution is 2.39. The van der Waals surface area contributed by atoms with Crippen LogP contribution in [0.4, 0.5) is 10.2 Å². The Bertz CT molecular complexity index is 1080. The number of Topliss-reactive ketones (excluding diaryl/α,β-unsaturated/α-hetero) is 1. The summed E-state index contributed by atoms with van der Waals surface area (Å²) < 4.78 is 15.1. The summed E-state index contributed by atoms with van der Waals surface area (Å²) in [6.45, 7) is 1.76. The van der Waals surface area contributed by atoms with E-state index in [-0.39, 0.29) is 18.1 Å². The molecule has 1 atom stereocenters. The lowest BCUT2D eigenvalue weighted by molar-refractivity contribution is -0.116. The minimum Gasteiger partial charge on any atom is -0.310 e. The second-order valence-corrected chi connectivity index (χ2v) is 6.80. The summed E-state index contributed by atoms with van der Waals surface area (Å²) in [5, 5.41) is 7.55. The Balaban J connectivity index is 1.85. The molecular weight excluding hydrogens is 369 g/mol. The highest BCUT2D eigenvalue weighted by Gasteiger charge is 2.36. The molecule has 1 aromatic heterocycles. The topological polar surface area (TPSA) is 64.0 Å². The predicted molar refractivity (Wildman–Crippen MR) is 100 cm³/mol. The number of anilines is 1. The van der Waals surface area contributed by atoms with Crippen molar-refractivity contribution in [3.05, 3.63) is 76.2 Å². The molecule has 0 bridgehead atoms. The third-order valence-corrected chi connectivity index (χ3v) is 4.94. The maximum absolute atomic E-state index is 13.6. The van der Waals surface area contributed by atoms with Crippen LogP contribution in [0.25, 0.3) is 5.69 Å². The van der Waals surface area contributed by atoms with E-state index in [1.165, 1.54) is 16.8 Å². The first kappa shape index (κ1) is 17.4. The van der Waals surface area contributed by atoms with Crippen molar-refractivity contribution in [3.63, 3.8) is 0 Å². The van der Waals surface area contributed by atoms with Gasteiger partial charge in [0.1, 0.15) is 11.6 Å². The molecule has 0 fully saturated rings. The van der Waals surface area contributed by atoms with Crippen LogP contribution in [0.1, 0.15) is 34.0 Å². The van der Waals surface area contributed by atoms with Crippen molar-refractivity contribution in [2.45, 2.75) is 19.3 Å². The van der Waals surface area contributed by atoms with Crippen LogP contribution < -0.4 is 5.32 Å². The Morgan fingerprint density at radius 3 is 2.78 bits per heavy atom. The largest absolute Gasteiger partial charge is 0.310 e. The minimum atomic E-state index is -0.698. The van der Waals surface area contributed by atoms with Gasteiger partial charge in [-0.1, -0.05) is 29.8 Å². The third kappa shape index (κ3) is 3.02. The number of nitrogens with zero attached hydrogens (tertiary/aromatic N) is 2. The SMILES string of the molecule is Cc1nn(-c2cccc(F)c2)c2c1C(C(=O)c1ccccc1Cl)CC(=O)N2. The zero-order valence-corrected chi connectivity index (χ0v) is 15.1. The number of ketones is 1. The molecule has 4 rings (SSSR count). The number of nitrogens with one attached hydrogen (secondary N) is 1. The summed E-state index contributed by atoms with van der Waals surface area (Å²) in [6, 6.07) is 12.6. The van der Waals surface area contributed by atoms with E-state index in [1.54, 1.807) is 43.3 Å². The lowest BCUT2D eigenvalue weighted by Gasteiger charge is -2.23. The van der Waals surface area contributed by atoms with Crippen molar-refractivity contribution in [2.75, 3.05) is 5.32 Å². The van der Waals surface area contributed by atoms with E-state index in [4.69, 9.17) is 11.6 Å². The van der Waals surface area contributed by atoms with Crippen LogP contribution in [0.5, 0.6) is 0 Å². The predicted octanol–water partition coefficient (Wildman–Crippen LogP) is 4.28. The standard InChI is InChI=1S/C20H15ClFN3O2/c1-11-18-15(19(27)14-7-2-3-8-16(14)21)10-17(26)23-20(18)25(24-11)13-6-4-5-12(22)9-13/h2-9,15H,10H2,1H3,(H,23,26). The van der Waals surface area contributed by atoms with E-state index < -0.39 is 11.7 Å². The zero-order valence-electron chi connectivity index (χ0n) is 14.4. The van der Waals surface area contributed by atoms with Crippen molar-refractivity contribution >= 4 is 29.1 Å². The third-order valence-electron chi connectivity index (χ3n) is 4.61. The number of aryl methyl sites for hydroxylation is 1. The van der Waals surface area contributed by atoms with Crippen LogP contribution in [0.15, 0.2) is 48.5 Å². The van der Waals surface area contributed by atoms with Crippen molar-refractivity contribution < 1.29 is 14.0 Å². The molecule has 27 heavy (non-hydrogen) atoms. The van der Waals surface area contributed by atoms with Crippen LogP contribution >= 0.6 is 11.6 Å². The van der Waals surface area contributed by atoms with E-state index >= 15 is 0 Å². The van der Waals surface area contributed by atoms with Crippen LogP contribution in [0, 0.1) is 12.7 Å². The number of hydrogen-bond donors (Lipinski definition) is 1. The Morgan fingerprint density at radius 1 is 1.26 bits per heavy atom. The lowest BCUT2D eigenvalue weighted by atomic mass is 9.85. The molecule has 1 amide bonds. The smallest absolute Gasteiger partial charge is 0.226 e. The molecule has 7 heteroatoms. The number of amides is 1. The minimum absolute atomic E-state index is 0.00669. The number of aromatic nitrogens is 2. The van der Waals surface area contributed by atoms with Gasteiger partial charge in [0.05, 0.1) is 22.3 Å². The van der Waals surface area contributed by atoms with E-state index in [0.717, 1.165) is 0 Å². The van der Waals surface area contributed by atoms with Crippen molar-refractivity contribution in [1.29, 1.82) is 0 Å². The highest BCUT2D eigenvalue weighted by molar-refractivity contribution is 6.34. The number of rotatable bonds is 3.